The largest absolute Gasteiger partial charge is 0.397 e. The van der Waals surface area contributed by atoms with Crippen molar-refractivity contribution in [1.82, 2.24) is 9.97 Å². The maximum absolute atomic E-state index is 5.86. The molecule has 0 spiro atoms. The first-order chi connectivity index (χ1) is 7.65. The van der Waals surface area contributed by atoms with Crippen LogP contribution in [0.2, 0.25) is 5.02 Å². The van der Waals surface area contributed by atoms with Crippen LogP contribution < -0.4 is 5.73 Å². The van der Waals surface area contributed by atoms with Gasteiger partial charge in [0.05, 0.1) is 10.7 Å². The van der Waals surface area contributed by atoms with E-state index >= 15 is 0 Å². The van der Waals surface area contributed by atoms with E-state index in [1.165, 1.54) is 11.8 Å². The number of hydrogen-bond donors (Lipinski definition) is 1. The normalized spacial score (nSPS) is 10.4. The zero-order chi connectivity index (χ0) is 11.5. The molecule has 2 aromatic rings. The number of aromatic nitrogens is 2. The highest BCUT2D eigenvalue weighted by atomic mass is 35.5. The molecule has 2 aromatic heterocycles. The van der Waals surface area contributed by atoms with E-state index in [0.717, 1.165) is 15.6 Å². The lowest BCUT2D eigenvalue weighted by Gasteiger charge is -2.04. The second-order valence-corrected chi connectivity index (χ2v) is 4.77. The van der Waals surface area contributed by atoms with Crippen LogP contribution in [0.25, 0.3) is 0 Å². The second kappa shape index (κ2) is 4.72. The Balaban J connectivity index is 2.23. The fraction of sp³-hybridized carbons (Fsp3) is 0.0909. The molecule has 0 saturated heterocycles. The van der Waals surface area contributed by atoms with Crippen LogP contribution in [0, 0.1) is 6.92 Å². The van der Waals surface area contributed by atoms with E-state index in [1.807, 2.05) is 19.1 Å². The minimum Gasteiger partial charge on any atom is -0.397 e. The molecule has 0 fully saturated rings. The predicted molar refractivity (Wildman–Crippen MR) is 66.8 cm³/mol. The molecule has 0 bridgehead atoms. The van der Waals surface area contributed by atoms with E-state index in [4.69, 9.17) is 17.3 Å². The van der Waals surface area contributed by atoms with E-state index in [-0.39, 0.29) is 0 Å². The predicted octanol–water partition coefficient (Wildman–Crippen LogP) is 3.17. The van der Waals surface area contributed by atoms with Gasteiger partial charge in [-0.25, -0.2) is 9.97 Å². The van der Waals surface area contributed by atoms with Crippen LogP contribution >= 0.6 is 23.4 Å². The number of hydrogen-bond acceptors (Lipinski definition) is 4. The number of halogens is 1. The molecular weight excluding hydrogens is 242 g/mol. The summed E-state index contributed by atoms with van der Waals surface area (Å²) >= 11 is 7.18. The summed E-state index contributed by atoms with van der Waals surface area (Å²) in [5.74, 6) is 0. The quantitative estimate of drug-likeness (QED) is 0.891. The summed E-state index contributed by atoms with van der Waals surface area (Å²) in [6, 6.07) is 5.53. The third-order valence-corrected chi connectivity index (χ3v) is 3.13. The highest BCUT2D eigenvalue weighted by molar-refractivity contribution is 7.99. The molecule has 2 N–H and O–H groups in total. The van der Waals surface area contributed by atoms with Gasteiger partial charge in [0, 0.05) is 12.4 Å². The van der Waals surface area contributed by atoms with Crippen molar-refractivity contribution >= 4 is 29.1 Å². The minimum absolute atomic E-state index is 0.620. The number of rotatable bonds is 2. The van der Waals surface area contributed by atoms with Gasteiger partial charge >= 0.3 is 0 Å². The summed E-state index contributed by atoms with van der Waals surface area (Å²) in [6.45, 7) is 1.96. The van der Waals surface area contributed by atoms with Crippen LogP contribution in [0.15, 0.2) is 40.6 Å². The molecule has 16 heavy (non-hydrogen) atoms. The van der Waals surface area contributed by atoms with Gasteiger partial charge in [-0.15, -0.1) is 0 Å². The molecule has 3 nitrogen and oxygen atoms in total. The molecule has 5 heteroatoms. The number of anilines is 1. The molecule has 0 saturated carbocycles. The Kier molecular flexibility index (Phi) is 3.31. The van der Waals surface area contributed by atoms with E-state index in [1.54, 1.807) is 18.5 Å². The monoisotopic (exact) mass is 251 g/mol. The lowest BCUT2D eigenvalue weighted by atomic mass is 10.3. The average molecular weight is 252 g/mol. The van der Waals surface area contributed by atoms with Crippen LogP contribution in [0.4, 0.5) is 5.69 Å². The molecule has 0 aliphatic heterocycles. The fourth-order valence-electron chi connectivity index (χ4n) is 1.19. The Morgan fingerprint density at radius 3 is 2.69 bits per heavy atom. The van der Waals surface area contributed by atoms with Crippen molar-refractivity contribution in [2.75, 3.05) is 5.73 Å². The van der Waals surface area contributed by atoms with Crippen LogP contribution in [0.1, 0.15) is 5.56 Å². The third kappa shape index (κ3) is 2.65. The SMILES string of the molecule is Cc1cnc(Sc2ccc(Cl)cn2)c(N)c1. The highest BCUT2D eigenvalue weighted by Crippen LogP contribution is 2.29. The molecule has 0 amide bonds. The van der Waals surface area contributed by atoms with Gasteiger partial charge in [0.1, 0.15) is 10.1 Å². The topological polar surface area (TPSA) is 51.8 Å². The number of nitrogen functional groups attached to an aromatic ring is 1. The third-order valence-electron chi connectivity index (χ3n) is 1.92. The first kappa shape index (κ1) is 11.2. The molecule has 0 aromatic carbocycles. The van der Waals surface area contributed by atoms with Gasteiger partial charge in [0.15, 0.2) is 0 Å². The van der Waals surface area contributed by atoms with Gasteiger partial charge in [0.2, 0.25) is 0 Å². The van der Waals surface area contributed by atoms with Crippen molar-refractivity contribution in [3.8, 4) is 0 Å². The van der Waals surface area contributed by atoms with Crippen LogP contribution in [0.5, 0.6) is 0 Å². The van der Waals surface area contributed by atoms with Crippen molar-refractivity contribution in [3.05, 3.63) is 41.2 Å². The molecule has 2 heterocycles. The first-order valence-electron chi connectivity index (χ1n) is 4.66. The Labute approximate surface area is 103 Å². The van der Waals surface area contributed by atoms with Crippen molar-refractivity contribution < 1.29 is 0 Å². The van der Waals surface area contributed by atoms with Crippen LogP contribution in [-0.2, 0) is 0 Å². The number of aryl methyl sites for hydroxylation is 1. The number of nitrogens with two attached hydrogens (primary N) is 1. The van der Waals surface area contributed by atoms with Gasteiger partial charge in [-0.2, -0.15) is 0 Å². The second-order valence-electron chi connectivity index (χ2n) is 3.32. The lowest BCUT2D eigenvalue weighted by Crippen LogP contribution is -1.93. The van der Waals surface area contributed by atoms with Crippen molar-refractivity contribution in [2.45, 2.75) is 17.0 Å². The van der Waals surface area contributed by atoms with Gasteiger partial charge in [-0.1, -0.05) is 11.6 Å². The zero-order valence-electron chi connectivity index (χ0n) is 8.64. The Bertz CT molecular complexity index is 499. The summed E-state index contributed by atoms with van der Waals surface area (Å²) < 4.78 is 0. The zero-order valence-corrected chi connectivity index (χ0v) is 10.2. The lowest BCUT2D eigenvalue weighted by molar-refractivity contribution is 1.09. The smallest absolute Gasteiger partial charge is 0.125 e. The number of nitrogens with zero attached hydrogens (tertiary/aromatic N) is 2. The maximum atomic E-state index is 5.86. The molecule has 0 unspecified atom stereocenters. The van der Waals surface area contributed by atoms with Crippen molar-refractivity contribution in [1.29, 1.82) is 0 Å². The highest BCUT2D eigenvalue weighted by Gasteiger charge is 2.04. The summed E-state index contributed by atoms with van der Waals surface area (Å²) in [4.78, 5) is 8.43. The van der Waals surface area contributed by atoms with E-state index < -0.39 is 0 Å². The van der Waals surface area contributed by atoms with Gasteiger partial charge in [0.25, 0.3) is 0 Å². The van der Waals surface area contributed by atoms with Crippen LogP contribution in [-0.4, -0.2) is 9.97 Å². The van der Waals surface area contributed by atoms with Gasteiger partial charge < -0.3 is 5.73 Å². The number of pyridine rings is 2. The minimum atomic E-state index is 0.620. The fourth-order valence-corrected chi connectivity index (χ4v) is 2.02. The Morgan fingerprint density at radius 1 is 1.25 bits per heavy atom. The van der Waals surface area contributed by atoms with E-state index in [0.29, 0.717) is 10.7 Å². The van der Waals surface area contributed by atoms with E-state index in [9.17, 15) is 0 Å². The molecule has 0 aliphatic rings. The molecule has 0 atom stereocenters. The van der Waals surface area contributed by atoms with Gasteiger partial charge in [-0.05, 0) is 42.4 Å². The van der Waals surface area contributed by atoms with Crippen LogP contribution in [0.3, 0.4) is 0 Å². The Morgan fingerprint density at radius 2 is 2.06 bits per heavy atom. The standard InChI is InChI=1S/C11H10ClN3S/c1-7-4-9(13)11(15-5-7)16-10-3-2-8(12)6-14-10/h2-6H,13H2,1H3. The van der Waals surface area contributed by atoms with Gasteiger partial charge in [-0.3, -0.25) is 0 Å². The van der Waals surface area contributed by atoms with Crippen molar-refractivity contribution in [3.63, 3.8) is 0 Å². The maximum Gasteiger partial charge on any atom is 0.125 e. The summed E-state index contributed by atoms with van der Waals surface area (Å²) in [6.07, 6.45) is 3.39. The summed E-state index contributed by atoms with van der Waals surface area (Å²) in [5, 5.41) is 2.21. The molecule has 2 rings (SSSR count). The molecule has 82 valence electrons. The van der Waals surface area contributed by atoms with E-state index in [2.05, 4.69) is 9.97 Å². The first-order valence-corrected chi connectivity index (χ1v) is 5.86. The average Bonchev–Trinajstić information content (AvgIpc) is 2.25. The molecular formula is C11H10ClN3S. The molecule has 0 radical (unpaired) electrons. The van der Waals surface area contributed by atoms with Crippen molar-refractivity contribution in [2.24, 2.45) is 0 Å². The summed E-state index contributed by atoms with van der Waals surface area (Å²) in [7, 11) is 0. The summed E-state index contributed by atoms with van der Waals surface area (Å²) in [5.41, 5.74) is 7.58. The molecule has 0 aliphatic carbocycles. The Hall–Kier alpha value is -1.26.